The van der Waals surface area contributed by atoms with Gasteiger partial charge in [0.2, 0.25) is 0 Å². The highest BCUT2D eigenvalue weighted by Gasteiger charge is 2.49. The number of rotatable bonds is 4. The molecule has 3 nitrogen and oxygen atoms in total. The zero-order chi connectivity index (χ0) is 44.1. The first-order valence-corrected chi connectivity index (χ1v) is 23.5. The van der Waals surface area contributed by atoms with E-state index in [-0.39, 0.29) is 12.3 Å². The molecule has 0 saturated heterocycles. The molecule has 0 radical (unpaired) electrons. The van der Waals surface area contributed by atoms with Crippen molar-refractivity contribution in [1.29, 1.82) is 0 Å². The molecule has 0 saturated carbocycles. The maximum atomic E-state index is 7.18. The van der Waals surface area contributed by atoms with Gasteiger partial charge >= 0.3 is 6.85 Å². The number of benzene rings is 10. The standard InChI is InChI=1S/C63H41BN2O/c1-63(2)51-24-14-12-23-46(51)57-52(63)32-31-47-58-59-55(37-50-45-22-13-15-25-56(45)67-62(50)58)65-54-33-28-42(39-18-8-4-9-19-39)34-48(54)49-35-43(40-20-10-5-11-21-40)36-53(60(49)65)64(59)66(61(47)57)44-29-26-41(27-30-44)38-16-6-3-7-17-38/h3-37H,1-2H3. The Morgan fingerprint density at radius 2 is 1.07 bits per heavy atom. The van der Waals surface area contributed by atoms with Gasteiger partial charge in [-0.15, -0.1) is 0 Å². The molecule has 0 atom stereocenters. The SMILES string of the molecule is CC1(C)c2ccccc2-c2c1ccc1c2N(c2ccc(-c3ccccc3)cc2)B2c3c(cc4c(oc5ccccc54)c3-1)-n1c3ccc(-c4ccccc4)cc3c3cc(-c4ccccc4)cc2c31. The summed E-state index contributed by atoms with van der Waals surface area (Å²) >= 11 is 0. The second-order valence-electron chi connectivity index (χ2n) is 19.2. The lowest BCUT2D eigenvalue weighted by Gasteiger charge is -2.43. The van der Waals surface area contributed by atoms with Crippen LogP contribution in [0.1, 0.15) is 25.0 Å². The van der Waals surface area contributed by atoms with Crippen molar-refractivity contribution in [3.05, 3.63) is 223 Å². The highest BCUT2D eigenvalue weighted by atomic mass is 16.3. The van der Waals surface area contributed by atoms with E-state index in [0.29, 0.717) is 0 Å². The van der Waals surface area contributed by atoms with Crippen LogP contribution in [0.25, 0.3) is 105 Å². The summed E-state index contributed by atoms with van der Waals surface area (Å²) in [7, 11) is 0. The van der Waals surface area contributed by atoms with Crippen molar-refractivity contribution < 1.29 is 4.42 Å². The van der Waals surface area contributed by atoms with Crippen molar-refractivity contribution >= 4 is 72.9 Å². The Morgan fingerprint density at radius 1 is 0.448 bits per heavy atom. The van der Waals surface area contributed by atoms with Gasteiger partial charge in [-0.2, -0.15) is 0 Å². The minimum atomic E-state index is -0.211. The lowest BCUT2D eigenvalue weighted by molar-refractivity contribution is 0.660. The number of para-hydroxylation sites is 1. The molecule has 0 bridgehead atoms. The van der Waals surface area contributed by atoms with Crippen molar-refractivity contribution in [1.82, 2.24) is 4.57 Å². The van der Waals surface area contributed by atoms with Gasteiger partial charge in [-0.05, 0) is 103 Å². The van der Waals surface area contributed by atoms with Gasteiger partial charge in [0, 0.05) is 60.7 Å². The number of hydrogen-bond donors (Lipinski definition) is 0. The number of anilines is 2. The normalized spacial score (nSPS) is 13.9. The van der Waals surface area contributed by atoms with Gasteiger partial charge in [0.25, 0.3) is 0 Å². The summed E-state index contributed by atoms with van der Waals surface area (Å²) in [5.74, 6) is 0. The van der Waals surface area contributed by atoms with Crippen LogP contribution in [0.5, 0.6) is 0 Å². The van der Waals surface area contributed by atoms with E-state index >= 15 is 0 Å². The third-order valence-corrected chi connectivity index (χ3v) is 15.3. The van der Waals surface area contributed by atoms with E-state index in [2.05, 4.69) is 236 Å². The first-order valence-electron chi connectivity index (χ1n) is 23.5. The molecule has 2 aliphatic heterocycles. The molecule has 0 amide bonds. The molecule has 0 N–H and O–H groups in total. The quantitative estimate of drug-likeness (QED) is 0.165. The average molecular weight is 853 g/mol. The molecule has 2 aromatic heterocycles. The van der Waals surface area contributed by atoms with Crippen molar-refractivity contribution in [2.75, 3.05) is 4.81 Å². The van der Waals surface area contributed by atoms with Crippen LogP contribution < -0.4 is 15.7 Å². The van der Waals surface area contributed by atoms with Crippen molar-refractivity contribution in [2.24, 2.45) is 0 Å². The fourth-order valence-electron chi connectivity index (χ4n) is 12.3. The monoisotopic (exact) mass is 852 g/mol. The summed E-state index contributed by atoms with van der Waals surface area (Å²) in [5, 5.41) is 4.76. The lowest BCUT2D eigenvalue weighted by atomic mass is 9.43. The fourth-order valence-corrected chi connectivity index (χ4v) is 12.3. The Kier molecular flexibility index (Phi) is 7.37. The minimum absolute atomic E-state index is 0.198. The zero-order valence-electron chi connectivity index (χ0n) is 37.1. The molecule has 0 unspecified atom stereocenters. The Morgan fingerprint density at radius 3 is 1.84 bits per heavy atom. The van der Waals surface area contributed by atoms with E-state index in [0.717, 1.165) is 27.6 Å². The molecule has 4 heterocycles. The molecule has 1 aliphatic carbocycles. The van der Waals surface area contributed by atoms with Crippen LogP contribution in [0, 0.1) is 0 Å². The molecule has 67 heavy (non-hydrogen) atoms. The largest absolute Gasteiger partial charge is 0.455 e. The molecular weight excluding hydrogens is 812 g/mol. The van der Waals surface area contributed by atoms with E-state index in [9.17, 15) is 0 Å². The Hall–Kier alpha value is -8.34. The number of hydrogen-bond acceptors (Lipinski definition) is 2. The molecule has 312 valence electrons. The van der Waals surface area contributed by atoms with Gasteiger partial charge in [-0.1, -0.05) is 184 Å². The van der Waals surface area contributed by atoms with E-state index in [1.165, 1.54) is 111 Å². The van der Waals surface area contributed by atoms with Crippen LogP contribution in [0.3, 0.4) is 0 Å². The molecule has 3 aliphatic rings. The molecule has 4 heteroatoms. The second kappa shape index (κ2) is 13.4. The molecule has 10 aromatic carbocycles. The average Bonchev–Trinajstić information content (AvgIpc) is 4.01. The summed E-state index contributed by atoms with van der Waals surface area (Å²) in [4.78, 5) is 2.71. The van der Waals surface area contributed by atoms with Gasteiger partial charge in [0.15, 0.2) is 0 Å². The van der Waals surface area contributed by atoms with Gasteiger partial charge in [-0.25, -0.2) is 0 Å². The van der Waals surface area contributed by atoms with Crippen molar-refractivity contribution in [3.8, 4) is 61.3 Å². The van der Waals surface area contributed by atoms with Crippen LogP contribution >= 0.6 is 0 Å². The molecular formula is C63H41BN2O. The van der Waals surface area contributed by atoms with Gasteiger partial charge in [-0.3, -0.25) is 0 Å². The molecule has 0 spiro atoms. The van der Waals surface area contributed by atoms with E-state index in [1.807, 2.05) is 0 Å². The van der Waals surface area contributed by atoms with E-state index < -0.39 is 0 Å². The summed E-state index contributed by atoms with van der Waals surface area (Å²) in [5.41, 5.74) is 25.1. The highest BCUT2D eigenvalue weighted by molar-refractivity contribution is 6.94. The van der Waals surface area contributed by atoms with Gasteiger partial charge in [0.1, 0.15) is 11.2 Å². The van der Waals surface area contributed by atoms with Gasteiger partial charge in [0.05, 0.1) is 11.0 Å². The number of nitrogens with zero attached hydrogens (tertiary/aromatic N) is 2. The maximum absolute atomic E-state index is 7.18. The minimum Gasteiger partial charge on any atom is -0.455 e. The first-order chi connectivity index (χ1) is 33.0. The Bertz CT molecular complexity index is 4050. The smallest absolute Gasteiger partial charge is 0.333 e. The van der Waals surface area contributed by atoms with Gasteiger partial charge < -0.3 is 13.8 Å². The van der Waals surface area contributed by atoms with Crippen LogP contribution in [-0.4, -0.2) is 11.4 Å². The lowest BCUT2D eigenvalue weighted by Crippen LogP contribution is -2.60. The van der Waals surface area contributed by atoms with Crippen molar-refractivity contribution in [3.63, 3.8) is 0 Å². The molecule has 12 aromatic rings. The summed E-state index contributed by atoms with van der Waals surface area (Å²) < 4.78 is 9.77. The third-order valence-electron chi connectivity index (χ3n) is 15.3. The van der Waals surface area contributed by atoms with E-state index in [1.54, 1.807) is 0 Å². The van der Waals surface area contributed by atoms with Crippen LogP contribution in [0.4, 0.5) is 11.4 Å². The summed E-state index contributed by atoms with van der Waals surface area (Å²) in [6, 6.07) is 78.8. The predicted molar refractivity (Wildman–Crippen MR) is 281 cm³/mol. The predicted octanol–water partition coefficient (Wildman–Crippen LogP) is 15.2. The zero-order valence-corrected chi connectivity index (χ0v) is 37.1. The summed E-state index contributed by atoms with van der Waals surface area (Å²) in [6.45, 7) is 4.58. The van der Waals surface area contributed by atoms with E-state index in [4.69, 9.17) is 4.42 Å². The Balaban J connectivity index is 1.14. The fraction of sp³-hybridized carbons (Fsp3) is 0.0476. The topological polar surface area (TPSA) is 21.3 Å². The third kappa shape index (κ3) is 4.97. The maximum Gasteiger partial charge on any atom is 0.333 e. The number of furan rings is 1. The number of fused-ring (bicyclic) bond motifs is 15. The second-order valence-corrected chi connectivity index (χ2v) is 19.2. The summed E-state index contributed by atoms with van der Waals surface area (Å²) in [6.07, 6.45) is 0. The number of aromatic nitrogens is 1. The van der Waals surface area contributed by atoms with Crippen molar-refractivity contribution in [2.45, 2.75) is 19.3 Å². The Labute approximate surface area is 388 Å². The molecule has 15 rings (SSSR count). The van der Waals surface area contributed by atoms with Crippen LogP contribution in [0.2, 0.25) is 0 Å². The first kappa shape index (κ1) is 36.9. The highest BCUT2D eigenvalue weighted by Crippen LogP contribution is 2.58. The molecule has 0 fully saturated rings. The van der Waals surface area contributed by atoms with Crippen LogP contribution in [-0.2, 0) is 5.41 Å². The van der Waals surface area contributed by atoms with Crippen LogP contribution in [0.15, 0.2) is 217 Å².